The van der Waals surface area contributed by atoms with Crippen molar-refractivity contribution in [2.24, 2.45) is 5.92 Å². The first-order valence-electron chi connectivity index (χ1n) is 12.0. The molecule has 2 heterocycles. The fourth-order valence-electron chi connectivity index (χ4n) is 5.33. The molecule has 3 aromatic rings. The summed E-state index contributed by atoms with van der Waals surface area (Å²) in [7, 11) is 0. The lowest BCUT2D eigenvalue weighted by Crippen LogP contribution is -2.43. The number of nitrogens with one attached hydrogen (secondary N) is 1. The van der Waals surface area contributed by atoms with E-state index in [0.717, 1.165) is 56.9 Å². The van der Waals surface area contributed by atoms with Gasteiger partial charge >= 0.3 is 0 Å². The van der Waals surface area contributed by atoms with Crippen molar-refractivity contribution in [2.75, 3.05) is 13.1 Å². The van der Waals surface area contributed by atoms with Crippen LogP contribution in [-0.4, -0.2) is 34.5 Å². The lowest BCUT2D eigenvalue weighted by Gasteiger charge is -2.32. The number of carbonyl (C=O) groups excluding carboxylic acids is 1. The summed E-state index contributed by atoms with van der Waals surface area (Å²) in [4.78, 5) is 15.2. The van der Waals surface area contributed by atoms with E-state index >= 15 is 0 Å². The van der Waals surface area contributed by atoms with Crippen LogP contribution in [0.1, 0.15) is 49.8 Å². The molecule has 1 aromatic heterocycles. The van der Waals surface area contributed by atoms with Crippen LogP contribution >= 0.6 is 11.6 Å². The maximum atomic E-state index is 12.7. The highest BCUT2D eigenvalue weighted by atomic mass is 35.5. The number of benzene rings is 2. The van der Waals surface area contributed by atoms with Crippen LogP contribution in [0.5, 0.6) is 0 Å². The summed E-state index contributed by atoms with van der Waals surface area (Å²) in [5.41, 5.74) is 3.84. The summed E-state index contributed by atoms with van der Waals surface area (Å²) in [5, 5.41) is 5.35. The molecule has 0 unspecified atom stereocenters. The number of likely N-dealkylation sites (tertiary alicyclic amines) is 1. The average Bonchev–Trinajstić information content (AvgIpc) is 3.44. The Balaban J connectivity index is 1.26. The predicted molar refractivity (Wildman–Crippen MR) is 131 cm³/mol. The number of carbonyl (C=O) groups is 1. The third kappa shape index (κ3) is 4.87. The number of amides is 1. The maximum absolute atomic E-state index is 12.7. The predicted octanol–water partition coefficient (Wildman–Crippen LogP) is 5.61. The highest BCUT2D eigenvalue weighted by Gasteiger charge is 2.27. The number of halogens is 1. The molecule has 0 radical (unpaired) electrons. The SMILES string of the molecule is O=C(NC1CCCC1)C1CCN(Cc2cc3ccccc3n2Cc2ccc(Cl)cc2)CC1. The van der Waals surface area contributed by atoms with Gasteiger partial charge in [0.15, 0.2) is 0 Å². The van der Waals surface area contributed by atoms with Gasteiger partial charge in [-0.3, -0.25) is 9.69 Å². The molecule has 32 heavy (non-hydrogen) atoms. The van der Waals surface area contributed by atoms with E-state index in [-0.39, 0.29) is 11.8 Å². The van der Waals surface area contributed by atoms with Gasteiger partial charge in [-0.1, -0.05) is 54.8 Å². The van der Waals surface area contributed by atoms with Crippen molar-refractivity contribution in [3.63, 3.8) is 0 Å². The highest BCUT2D eigenvalue weighted by molar-refractivity contribution is 6.30. The van der Waals surface area contributed by atoms with E-state index in [1.807, 2.05) is 12.1 Å². The van der Waals surface area contributed by atoms with Gasteiger partial charge < -0.3 is 9.88 Å². The first kappa shape index (κ1) is 21.5. The zero-order chi connectivity index (χ0) is 21.9. The molecule has 1 saturated heterocycles. The van der Waals surface area contributed by atoms with Crippen molar-refractivity contribution in [1.82, 2.24) is 14.8 Å². The summed E-state index contributed by atoms with van der Waals surface area (Å²) < 4.78 is 2.43. The van der Waals surface area contributed by atoms with E-state index in [9.17, 15) is 4.79 Å². The van der Waals surface area contributed by atoms with Crippen LogP contribution < -0.4 is 5.32 Å². The third-order valence-corrected chi connectivity index (χ3v) is 7.45. The molecule has 4 nitrogen and oxygen atoms in total. The zero-order valence-corrected chi connectivity index (χ0v) is 19.4. The Morgan fingerprint density at radius 3 is 2.41 bits per heavy atom. The Kier molecular flexibility index (Phi) is 6.52. The summed E-state index contributed by atoms with van der Waals surface area (Å²) in [6.07, 6.45) is 6.73. The fourth-order valence-corrected chi connectivity index (χ4v) is 5.46. The molecule has 5 heteroatoms. The van der Waals surface area contributed by atoms with Gasteiger partial charge in [-0.15, -0.1) is 0 Å². The number of piperidine rings is 1. The average molecular weight is 450 g/mol. The topological polar surface area (TPSA) is 37.3 Å². The highest BCUT2D eigenvalue weighted by Crippen LogP contribution is 2.26. The zero-order valence-electron chi connectivity index (χ0n) is 18.6. The number of para-hydroxylation sites is 1. The van der Waals surface area contributed by atoms with Crippen LogP contribution in [0, 0.1) is 5.92 Å². The van der Waals surface area contributed by atoms with Crippen LogP contribution in [0.25, 0.3) is 10.9 Å². The number of fused-ring (bicyclic) bond motifs is 1. The monoisotopic (exact) mass is 449 g/mol. The second kappa shape index (κ2) is 9.68. The molecule has 0 spiro atoms. The maximum Gasteiger partial charge on any atom is 0.223 e. The van der Waals surface area contributed by atoms with Crippen LogP contribution in [0.2, 0.25) is 5.02 Å². The number of nitrogens with zero attached hydrogens (tertiary/aromatic N) is 2. The van der Waals surface area contributed by atoms with E-state index in [0.29, 0.717) is 6.04 Å². The lowest BCUT2D eigenvalue weighted by atomic mass is 9.95. The molecular weight excluding hydrogens is 418 g/mol. The Hall–Kier alpha value is -2.30. The Morgan fingerprint density at radius 2 is 1.66 bits per heavy atom. The Bertz CT molecular complexity index is 1060. The van der Waals surface area contributed by atoms with Crippen molar-refractivity contribution in [3.8, 4) is 0 Å². The van der Waals surface area contributed by atoms with Crippen molar-refractivity contribution in [3.05, 3.63) is 70.9 Å². The van der Waals surface area contributed by atoms with Gasteiger partial charge in [0, 0.05) is 41.3 Å². The largest absolute Gasteiger partial charge is 0.353 e. The number of hydrogen-bond donors (Lipinski definition) is 1. The molecule has 0 bridgehead atoms. The molecule has 5 rings (SSSR count). The van der Waals surface area contributed by atoms with E-state index in [2.05, 4.69) is 57.2 Å². The smallest absolute Gasteiger partial charge is 0.223 e. The molecular formula is C27H32ClN3O. The molecule has 2 aliphatic rings. The fraction of sp³-hybridized carbons (Fsp3) is 0.444. The van der Waals surface area contributed by atoms with Gasteiger partial charge in [0.1, 0.15) is 0 Å². The minimum Gasteiger partial charge on any atom is -0.353 e. The number of hydrogen-bond acceptors (Lipinski definition) is 2. The second-order valence-electron chi connectivity index (χ2n) is 9.45. The van der Waals surface area contributed by atoms with E-state index in [1.165, 1.54) is 35.0 Å². The summed E-state index contributed by atoms with van der Waals surface area (Å²) in [6, 6.07) is 19.5. The van der Waals surface area contributed by atoms with Gasteiger partial charge in [-0.05, 0) is 74.0 Å². The van der Waals surface area contributed by atoms with E-state index < -0.39 is 0 Å². The number of aromatic nitrogens is 1. The molecule has 1 aliphatic carbocycles. The van der Waals surface area contributed by atoms with Gasteiger partial charge in [0.05, 0.1) is 0 Å². The second-order valence-corrected chi connectivity index (χ2v) is 9.88. The quantitative estimate of drug-likeness (QED) is 0.530. The van der Waals surface area contributed by atoms with Crippen LogP contribution in [-0.2, 0) is 17.9 Å². The summed E-state index contributed by atoms with van der Waals surface area (Å²) in [5.74, 6) is 0.458. The molecule has 1 saturated carbocycles. The minimum absolute atomic E-state index is 0.173. The minimum atomic E-state index is 0.173. The lowest BCUT2D eigenvalue weighted by molar-refractivity contribution is -0.127. The molecule has 2 fully saturated rings. The standard InChI is InChI=1S/C27H32ClN3O/c28-23-11-9-20(10-12-23)18-31-25(17-22-5-1-4-8-26(22)31)19-30-15-13-21(14-16-30)27(32)29-24-6-2-3-7-24/h1,4-5,8-12,17,21,24H,2-3,6-7,13-16,18-19H2,(H,29,32). The Morgan fingerprint density at radius 1 is 0.938 bits per heavy atom. The van der Waals surface area contributed by atoms with Crippen molar-refractivity contribution < 1.29 is 4.79 Å². The number of rotatable bonds is 6. The van der Waals surface area contributed by atoms with Crippen molar-refractivity contribution in [2.45, 2.75) is 57.7 Å². The Labute approximate surface area is 195 Å². The van der Waals surface area contributed by atoms with Crippen LogP contribution in [0.15, 0.2) is 54.6 Å². The molecule has 1 N–H and O–H groups in total. The molecule has 1 aliphatic heterocycles. The van der Waals surface area contributed by atoms with Crippen molar-refractivity contribution >= 4 is 28.4 Å². The van der Waals surface area contributed by atoms with Gasteiger partial charge in [-0.25, -0.2) is 0 Å². The van der Waals surface area contributed by atoms with Gasteiger partial charge in [0.2, 0.25) is 5.91 Å². The first-order valence-corrected chi connectivity index (χ1v) is 12.4. The first-order chi connectivity index (χ1) is 15.7. The third-order valence-electron chi connectivity index (χ3n) is 7.20. The van der Waals surface area contributed by atoms with Crippen LogP contribution in [0.4, 0.5) is 0 Å². The van der Waals surface area contributed by atoms with Gasteiger partial charge in [0.25, 0.3) is 0 Å². The molecule has 0 atom stereocenters. The normalized spacial score (nSPS) is 18.4. The summed E-state index contributed by atoms with van der Waals surface area (Å²) >= 11 is 6.09. The van der Waals surface area contributed by atoms with Crippen LogP contribution in [0.3, 0.4) is 0 Å². The van der Waals surface area contributed by atoms with E-state index in [4.69, 9.17) is 11.6 Å². The van der Waals surface area contributed by atoms with Crippen molar-refractivity contribution in [1.29, 1.82) is 0 Å². The summed E-state index contributed by atoms with van der Waals surface area (Å²) in [6.45, 7) is 3.70. The molecule has 168 valence electrons. The van der Waals surface area contributed by atoms with E-state index in [1.54, 1.807) is 0 Å². The molecule has 2 aromatic carbocycles. The van der Waals surface area contributed by atoms with Gasteiger partial charge in [-0.2, -0.15) is 0 Å². The molecule has 1 amide bonds.